The number of aliphatic hydroxyl groups excluding tert-OH is 1. The Morgan fingerprint density at radius 3 is 2.06 bits per heavy atom. The molecule has 0 radical (unpaired) electrons. The van der Waals surface area contributed by atoms with Gasteiger partial charge in [-0.25, -0.2) is 18.0 Å². The highest BCUT2D eigenvalue weighted by Crippen LogP contribution is 1.94. The second-order valence-corrected chi connectivity index (χ2v) is 6.35. The molecule has 0 saturated heterocycles. The van der Waals surface area contributed by atoms with E-state index in [0.29, 0.717) is 0 Å². The van der Waals surface area contributed by atoms with Crippen molar-refractivity contribution >= 4 is 21.8 Å². The molecule has 106 valence electrons. The summed E-state index contributed by atoms with van der Waals surface area (Å²) in [6, 6.07) is -2.96. The zero-order valence-corrected chi connectivity index (χ0v) is 11.2. The van der Waals surface area contributed by atoms with Gasteiger partial charge >= 0.3 is 12.0 Å². The molecule has 0 aromatic heterocycles. The second kappa shape index (κ2) is 6.55. The molecule has 3 atom stereocenters. The highest BCUT2D eigenvalue weighted by molar-refractivity contribution is 7.90. The Hall–Kier alpha value is -1.35. The summed E-state index contributed by atoms with van der Waals surface area (Å²) < 4.78 is 21.9. The third kappa shape index (κ3) is 7.07. The Kier molecular flexibility index (Phi) is 6.06. The van der Waals surface area contributed by atoms with Crippen LogP contribution in [0.4, 0.5) is 4.79 Å². The summed E-state index contributed by atoms with van der Waals surface area (Å²) in [6.07, 6.45) is -0.239. The minimum atomic E-state index is -3.24. The fraction of sp³-hybridized carbons (Fsp3) is 0.778. The van der Waals surface area contributed by atoms with E-state index in [-0.39, 0.29) is 5.75 Å². The van der Waals surface area contributed by atoms with Crippen molar-refractivity contribution in [3.05, 3.63) is 0 Å². The highest BCUT2D eigenvalue weighted by atomic mass is 32.2. The smallest absolute Gasteiger partial charge is 0.328 e. The van der Waals surface area contributed by atoms with Crippen molar-refractivity contribution < 1.29 is 28.2 Å². The largest absolute Gasteiger partial charge is 0.480 e. The molecule has 2 amide bonds. The van der Waals surface area contributed by atoms with Gasteiger partial charge in [-0.15, -0.1) is 0 Å². The van der Waals surface area contributed by atoms with Crippen molar-refractivity contribution in [1.29, 1.82) is 0 Å². The highest BCUT2D eigenvalue weighted by Gasteiger charge is 2.25. The van der Waals surface area contributed by atoms with Gasteiger partial charge in [0.1, 0.15) is 9.84 Å². The van der Waals surface area contributed by atoms with Crippen molar-refractivity contribution in [3.8, 4) is 0 Å². The van der Waals surface area contributed by atoms with Crippen LogP contribution in [-0.2, 0) is 14.6 Å². The number of aliphatic hydroxyl groups is 1. The first-order valence-electron chi connectivity index (χ1n) is 5.18. The second-order valence-electron chi connectivity index (χ2n) is 4.17. The van der Waals surface area contributed by atoms with Gasteiger partial charge in [-0.3, -0.25) is 0 Å². The van der Waals surface area contributed by atoms with Crippen LogP contribution in [0.5, 0.6) is 0 Å². The van der Waals surface area contributed by atoms with Crippen molar-refractivity contribution in [2.24, 2.45) is 0 Å². The summed E-state index contributed by atoms with van der Waals surface area (Å²) in [6.45, 7) is 2.69. The summed E-state index contributed by atoms with van der Waals surface area (Å²) in [5, 5.41) is 22.2. The van der Waals surface area contributed by atoms with Gasteiger partial charge in [-0.2, -0.15) is 0 Å². The van der Waals surface area contributed by atoms with Crippen molar-refractivity contribution in [3.63, 3.8) is 0 Å². The monoisotopic (exact) mass is 282 g/mol. The normalized spacial score (nSPS) is 16.4. The average Bonchev–Trinajstić information content (AvgIpc) is 2.09. The van der Waals surface area contributed by atoms with Crippen LogP contribution in [0.3, 0.4) is 0 Å². The third-order valence-electron chi connectivity index (χ3n) is 1.97. The first-order valence-corrected chi connectivity index (χ1v) is 7.24. The quantitative estimate of drug-likeness (QED) is 0.471. The third-order valence-corrected chi connectivity index (χ3v) is 3.07. The van der Waals surface area contributed by atoms with E-state index in [1.54, 1.807) is 0 Å². The predicted octanol–water partition coefficient (Wildman–Crippen LogP) is -1.45. The molecule has 0 heterocycles. The first-order chi connectivity index (χ1) is 8.03. The van der Waals surface area contributed by atoms with Crippen molar-refractivity contribution in [1.82, 2.24) is 10.6 Å². The fourth-order valence-electron chi connectivity index (χ4n) is 1.29. The van der Waals surface area contributed by atoms with Crippen molar-refractivity contribution in [2.45, 2.75) is 32.0 Å². The van der Waals surface area contributed by atoms with Crippen LogP contribution in [0.25, 0.3) is 0 Å². The molecule has 0 aromatic carbocycles. The maximum Gasteiger partial charge on any atom is 0.328 e. The average molecular weight is 282 g/mol. The Balaban J connectivity index is 4.38. The van der Waals surface area contributed by atoms with Crippen LogP contribution >= 0.6 is 0 Å². The Labute approximate surface area is 105 Å². The van der Waals surface area contributed by atoms with Gasteiger partial charge in [0.05, 0.1) is 11.9 Å². The van der Waals surface area contributed by atoms with Gasteiger partial charge in [-0.1, -0.05) is 0 Å². The number of hydrogen-bond acceptors (Lipinski definition) is 5. The molecule has 0 aliphatic carbocycles. The lowest BCUT2D eigenvalue weighted by atomic mass is 10.2. The summed E-state index contributed by atoms with van der Waals surface area (Å²) >= 11 is 0. The zero-order valence-electron chi connectivity index (χ0n) is 10.4. The Morgan fingerprint density at radius 1 is 1.22 bits per heavy atom. The standard InChI is InChI=1S/C9H18N2O6S/c1-5(4-18(3,16)17)10-9(15)11-7(6(2)12)8(13)14/h5-7,12H,4H2,1-3H3,(H,13,14)(H2,10,11,15). The van der Waals surface area contributed by atoms with E-state index < -0.39 is 40.0 Å². The lowest BCUT2D eigenvalue weighted by Gasteiger charge is -2.19. The lowest BCUT2D eigenvalue weighted by Crippen LogP contribution is -2.53. The molecule has 0 saturated carbocycles. The number of nitrogens with one attached hydrogen (secondary N) is 2. The molecule has 18 heavy (non-hydrogen) atoms. The fourth-order valence-corrected chi connectivity index (χ4v) is 2.28. The first kappa shape index (κ1) is 16.6. The summed E-state index contributed by atoms with van der Waals surface area (Å²) in [4.78, 5) is 22.1. The number of hydrogen-bond donors (Lipinski definition) is 4. The number of carbonyl (C=O) groups is 2. The minimum absolute atomic E-state index is 0.257. The number of sulfone groups is 1. The Morgan fingerprint density at radius 2 is 1.72 bits per heavy atom. The van der Waals surface area contributed by atoms with Crippen LogP contribution < -0.4 is 10.6 Å². The number of carboxylic acid groups (broad SMARTS) is 1. The van der Waals surface area contributed by atoms with Gasteiger partial charge in [-0.05, 0) is 13.8 Å². The predicted molar refractivity (Wildman–Crippen MR) is 63.9 cm³/mol. The van der Waals surface area contributed by atoms with Crippen LogP contribution in [0.1, 0.15) is 13.8 Å². The number of rotatable bonds is 6. The van der Waals surface area contributed by atoms with E-state index in [2.05, 4.69) is 5.32 Å². The van der Waals surface area contributed by atoms with Crippen LogP contribution in [0.2, 0.25) is 0 Å². The van der Waals surface area contributed by atoms with Gasteiger partial charge in [0, 0.05) is 12.3 Å². The molecule has 3 unspecified atom stereocenters. The molecule has 9 heteroatoms. The molecule has 0 bridgehead atoms. The van der Waals surface area contributed by atoms with E-state index in [9.17, 15) is 18.0 Å². The maximum atomic E-state index is 11.4. The molecule has 0 fully saturated rings. The molecule has 4 N–H and O–H groups in total. The molecule has 0 aliphatic rings. The Bertz CT molecular complexity index is 405. The molecule has 8 nitrogen and oxygen atoms in total. The van der Waals surface area contributed by atoms with Crippen LogP contribution in [0, 0.1) is 0 Å². The number of aliphatic carboxylic acids is 1. The summed E-state index contributed by atoms with van der Waals surface area (Å²) in [7, 11) is -3.24. The van der Waals surface area contributed by atoms with E-state index in [0.717, 1.165) is 6.26 Å². The van der Waals surface area contributed by atoms with E-state index in [1.807, 2.05) is 5.32 Å². The van der Waals surface area contributed by atoms with Crippen molar-refractivity contribution in [2.75, 3.05) is 12.0 Å². The molecule has 0 spiro atoms. The van der Waals surface area contributed by atoms with Gasteiger partial charge in [0.15, 0.2) is 6.04 Å². The number of urea groups is 1. The summed E-state index contributed by atoms with van der Waals surface area (Å²) in [5.41, 5.74) is 0. The van der Waals surface area contributed by atoms with Gasteiger partial charge < -0.3 is 20.8 Å². The van der Waals surface area contributed by atoms with Crippen LogP contribution in [-0.4, -0.2) is 60.8 Å². The number of amides is 2. The minimum Gasteiger partial charge on any atom is -0.480 e. The molecular formula is C9H18N2O6S. The molecule has 0 aliphatic heterocycles. The summed E-state index contributed by atoms with van der Waals surface area (Å²) in [5.74, 6) is -1.64. The number of carboxylic acids is 1. The zero-order chi connectivity index (χ0) is 14.5. The SMILES string of the molecule is CC(CS(C)(=O)=O)NC(=O)NC(C(=O)O)C(C)O. The molecule has 0 aromatic rings. The van der Waals surface area contributed by atoms with E-state index in [4.69, 9.17) is 10.2 Å². The van der Waals surface area contributed by atoms with Crippen LogP contribution in [0.15, 0.2) is 0 Å². The molecule has 0 rings (SSSR count). The van der Waals surface area contributed by atoms with E-state index in [1.165, 1.54) is 13.8 Å². The molecular weight excluding hydrogens is 264 g/mol. The maximum absolute atomic E-state index is 11.4. The number of carbonyl (C=O) groups excluding carboxylic acids is 1. The van der Waals surface area contributed by atoms with Gasteiger partial charge in [0.25, 0.3) is 0 Å². The van der Waals surface area contributed by atoms with E-state index >= 15 is 0 Å². The van der Waals surface area contributed by atoms with Gasteiger partial charge in [0.2, 0.25) is 0 Å². The lowest BCUT2D eigenvalue weighted by molar-refractivity contribution is -0.141. The topological polar surface area (TPSA) is 133 Å².